The fourth-order valence-corrected chi connectivity index (χ4v) is 5.70. The number of nitrogens with zero attached hydrogens (tertiary/aromatic N) is 3. The minimum atomic E-state index is -3.69. The molecule has 0 bridgehead atoms. The monoisotopic (exact) mass is 488 g/mol. The molecule has 0 radical (unpaired) electrons. The summed E-state index contributed by atoms with van der Waals surface area (Å²) in [7, 11) is -0.758. The van der Waals surface area contributed by atoms with Crippen molar-refractivity contribution in [3.05, 3.63) is 42.5 Å². The van der Waals surface area contributed by atoms with Crippen LogP contribution in [0.25, 0.3) is 0 Å². The lowest BCUT2D eigenvalue weighted by Crippen LogP contribution is -2.56. The molecule has 1 atom stereocenters. The number of carbonyl (C=O) groups is 2. The van der Waals surface area contributed by atoms with Gasteiger partial charge in [0.15, 0.2) is 0 Å². The van der Waals surface area contributed by atoms with E-state index in [0.717, 1.165) is 34.3 Å². The maximum Gasteiger partial charge on any atom is 0.250 e. The molecule has 0 spiro atoms. The van der Waals surface area contributed by atoms with Gasteiger partial charge in [0, 0.05) is 31.2 Å². The molecule has 2 aromatic rings. The Labute approximate surface area is 199 Å². The molecule has 10 heteroatoms. The molecule has 2 aromatic carbocycles. The molecular weight excluding hydrogens is 460 g/mol. The van der Waals surface area contributed by atoms with E-state index in [4.69, 9.17) is 0 Å². The molecule has 8 nitrogen and oxygen atoms in total. The maximum absolute atomic E-state index is 13.4. The number of sulfonamides is 1. The minimum Gasteiger partial charge on any atom is -0.358 e. The normalized spacial score (nSPS) is 18.2. The Morgan fingerprint density at radius 3 is 2.67 bits per heavy atom. The summed E-state index contributed by atoms with van der Waals surface area (Å²) in [6.07, 6.45) is 4.58. The number of thioether (sulfide) groups is 1. The minimum absolute atomic E-state index is 0.0904. The number of carbonyl (C=O) groups excluding carboxylic acids is 2. The zero-order valence-electron chi connectivity index (χ0n) is 18.9. The van der Waals surface area contributed by atoms with Gasteiger partial charge >= 0.3 is 0 Å². The van der Waals surface area contributed by atoms with E-state index in [1.165, 1.54) is 25.1 Å². The third kappa shape index (κ3) is 4.60. The van der Waals surface area contributed by atoms with Crippen molar-refractivity contribution in [1.82, 2.24) is 4.31 Å². The van der Waals surface area contributed by atoms with Crippen LogP contribution in [0.2, 0.25) is 0 Å². The highest BCUT2D eigenvalue weighted by molar-refractivity contribution is 7.98. The van der Waals surface area contributed by atoms with Crippen LogP contribution in [0, 0.1) is 0 Å². The molecule has 1 N–H and O–H groups in total. The van der Waals surface area contributed by atoms with Crippen molar-refractivity contribution >= 4 is 50.7 Å². The molecule has 2 aliphatic heterocycles. The van der Waals surface area contributed by atoms with Crippen LogP contribution < -0.4 is 15.1 Å². The van der Waals surface area contributed by atoms with Crippen LogP contribution in [-0.2, 0) is 19.6 Å². The van der Waals surface area contributed by atoms with Crippen LogP contribution in [0.4, 0.5) is 17.1 Å². The van der Waals surface area contributed by atoms with Gasteiger partial charge in [0.1, 0.15) is 12.6 Å². The van der Waals surface area contributed by atoms with Gasteiger partial charge in [0.25, 0.3) is 0 Å². The second-order valence-corrected chi connectivity index (χ2v) is 11.4. The fraction of sp³-hybridized carbons (Fsp3) is 0.391. The molecule has 2 amide bonds. The van der Waals surface area contributed by atoms with Gasteiger partial charge < -0.3 is 10.2 Å². The molecule has 1 saturated heterocycles. The van der Waals surface area contributed by atoms with Crippen LogP contribution >= 0.6 is 11.8 Å². The lowest BCUT2D eigenvalue weighted by atomic mass is 9.96. The first-order valence-electron chi connectivity index (χ1n) is 10.8. The zero-order valence-corrected chi connectivity index (χ0v) is 20.6. The summed E-state index contributed by atoms with van der Waals surface area (Å²) in [5.41, 5.74) is 1.89. The number of piperidine rings is 1. The highest BCUT2D eigenvalue weighted by Crippen LogP contribution is 2.40. The molecule has 2 heterocycles. The van der Waals surface area contributed by atoms with E-state index in [1.807, 2.05) is 29.4 Å². The van der Waals surface area contributed by atoms with Crippen LogP contribution in [0.5, 0.6) is 0 Å². The van der Waals surface area contributed by atoms with Gasteiger partial charge in [-0.05, 0) is 61.9 Å². The third-order valence-corrected chi connectivity index (χ3v) is 8.57. The van der Waals surface area contributed by atoms with E-state index >= 15 is 0 Å². The molecule has 0 aromatic heterocycles. The van der Waals surface area contributed by atoms with Crippen LogP contribution in [0.1, 0.15) is 19.3 Å². The van der Waals surface area contributed by atoms with Crippen LogP contribution in [-0.4, -0.2) is 64.0 Å². The van der Waals surface area contributed by atoms with Crippen molar-refractivity contribution in [2.24, 2.45) is 0 Å². The van der Waals surface area contributed by atoms with E-state index in [0.29, 0.717) is 17.8 Å². The Balaban J connectivity index is 1.69. The average molecular weight is 489 g/mol. The maximum atomic E-state index is 13.4. The van der Waals surface area contributed by atoms with Crippen LogP contribution in [0.15, 0.2) is 52.3 Å². The quantitative estimate of drug-likeness (QED) is 0.629. The van der Waals surface area contributed by atoms with Crippen molar-refractivity contribution in [3.63, 3.8) is 0 Å². The van der Waals surface area contributed by atoms with Gasteiger partial charge in [0.05, 0.1) is 16.3 Å². The summed E-state index contributed by atoms with van der Waals surface area (Å²) in [5.74, 6) is -0.507. The largest absolute Gasteiger partial charge is 0.358 e. The third-order valence-electron chi connectivity index (χ3n) is 6.03. The predicted molar refractivity (Wildman–Crippen MR) is 132 cm³/mol. The molecule has 1 fully saturated rings. The highest BCUT2D eigenvalue weighted by Gasteiger charge is 2.40. The number of hydrogen-bond donors (Lipinski definition) is 1. The lowest BCUT2D eigenvalue weighted by molar-refractivity contribution is -0.123. The number of hydrogen-bond acceptors (Lipinski definition) is 6. The van der Waals surface area contributed by atoms with Crippen molar-refractivity contribution in [2.75, 3.05) is 48.6 Å². The Morgan fingerprint density at radius 1 is 1.15 bits per heavy atom. The number of nitrogens with one attached hydrogen (secondary N) is 1. The highest BCUT2D eigenvalue weighted by atomic mass is 32.2. The number of amides is 2. The van der Waals surface area contributed by atoms with E-state index < -0.39 is 10.0 Å². The Hall–Kier alpha value is -2.56. The fourth-order valence-electron chi connectivity index (χ4n) is 4.32. The molecule has 0 unspecified atom stereocenters. The molecule has 33 heavy (non-hydrogen) atoms. The first-order valence-corrected chi connectivity index (χ1v) is 13.5. The van der Waals surface area contributed by atoms with Crippen molar-refractivity contribution in [1.29, 1.82) is 0 Å². The molecule has 4 rings (SSSR count). The van der Waals surface area contributed by atoms with Crippen molar-refractivity contribution in [3.8, 4) is 0 Å². The summed E-state index contributed by atoms with van der Waals surface area (Å²) in [6.45, 7) is 0.538. The average Bonchev–Trinajstić information content (AvgIpc) is 2.81. The molecule has 0 saturated carbocycles. The molecule has 176 valence electrons. The van der Waals surface area contributed by atoms with Gasteiger partial charge in [0.2, 0.25) is 21.8 Å². The Bertz CT molecular complexity index is 1180. The summed E-state index contributed by atoms with van der Waals surface area (Å²) in [6, 6.07) is 12.0. The van der Waals surface area contributed by atoms with E-state index in [2.05, 4.69) is 5.32 Å². The van der Waals surface area contributed by atoms with Gasteiger partial charge in [-0.2, -0.15) is 0 Å². The number of rotatable bonds is 6. The summed E-state index contributed by atoms with van der Waals surface area (Å²) in [4.78, 5) is 31.0. The van der Waals surface area contributed by atoms with Crippen molar-refractivity contribution < 1.29 is 18.0 Å². The van der Waals surface area contributed by atoms with E-state index in [9.17, 15) is 18.0 Å². The molecular formula is C23H28N4O4S2. The standard InChI is InChI=1S/C23H28N4O4S2/c1-25(2)33(30,31)18-10-11-19-21(14-18)27(23(29)20-9-4-5-12-26(19)20)15-22(28)24-16-7-6-8-17(13-16)32-3/h6-8,10-11,13-14,20H,4-5,9,12,15H2,1-3H3,(H,24,28)/t20-/m1/s1. The predicted octanol–water partition coefficient (Wildman–Crippen LogP) is 3.00. The second kappa shape index (κ2) is 9.36. The number of anilines is 3. The van der Waals surface area contributed by atoms with Gasteiger partial charge in [-0.15, -0.1) is 11.8 Å². The SMILES string of the molecule is CSc1cccc(NC(=O)CN2C(=O)[C@H]3CCCCN3c3ccc(S(=O)(=O)N(C)C)cc32)c1. The van der Waals surface area contributed by atoms with Crippen LogP contribution in [0.3, 0.4) is 0 Å². The number of benzene rings is 2. The smallest absolute Gasteiger partial charge is 0.250 e. The first-order chi connectivity index (χ1) is 15.7. The Kier molecular flexibility index (Phi) is 6.69. The topological polar surface area (TPSA) is 90.0 Å². The first kappa shape index (κ1) is 23.6. The molecule has 2 aliphatic rings. The lowest BCUT2D eigenvalue weighted by Gasteiger charge is -2.45. The molecule has 0 aliphatic carbocycles. The zero-order chi connectivity index (χ0) is 23.8. The van der Waals surface area contributed by atoms with E-state index in [-0.39, 0.29) is 29.3 Å². The van der Waals surface area contributed by atoms with Crippen molar-refractivity contribution in [2.45, 2.75) is 35.1 Å². The van der Waals surface area contributed by atoms with Gasteiger partial charge in [-0.1, -0.05) is 6.07 Å². The van der Waals surface area contributed by atoms with Gasteiger partial charge in [-0.25, -0.2) is 12.7 Å². The number of fused-ring (bicyclic) bond motifs is 3. The van der Waals surface area contributed by atoms with Gasteiger partial charge in [-0.3, -0.25) is 14.5 Å². The van der Waals surface area contributed by atoms with E-state index in [1.54, 1.807) is 30.0 Å². The Morgan fingerprint density at radius 2 is 1.94 bits per heavy atom. The summed E-state index contributed by atoms with van der Waals surface area (Å²) in [5, 5.41) is 2.86. The summed E-state index contributed by atoms with van der Waals surface area (Å²) >= 11 is 1.57. The second-order valence-electron chi connectivity index (χ2n) is 8.35. The summed E-state index contributed by atoms with van der Waals surface area (Å²) < 4.78 is 26.6.